The molecule has 4 bridgehead atoms. The highest BCUT2D eigenvalue weighted by molar-refractivity contribution is 5.18. The van der Waals surface area contributed by atoms with Gasteiger partial charge >= 0.3 is 0 Å². The van der Waals surface area contributed by atoms with Crippen molar-refractivity contribution < 1.29 is 28.4 Å². The van der Waals surface area contributed by atoms with Gasteiger partial charge in [-0.1, -0.05) is 20.8 Å². The van der Waals surface area contributed by atoms with E-state index in [0.29, 0.717) is 5.92 Å². The summed E-state index contributed by atoms with van der Waals surface area (Å²) in [5, 5.41) is 0. The first-order valence-electron chi connectivity index (χ1n) is 14.0. The Morgan fingerprint density at radius 3 is 1.03 bits per heavy atom. The third kappa shape index (κ3) is 3.99. The SMILES string of the molecule is CCC1(COC23CC4CC(OCC5(CC)COC5)(C2)CC(OCC2(CC)COC2)(C4)C3)COC1. The second kappa shape index (κ2) is 8.39. The van der Waals surface area contributed by atoms with E-state index >= 15 is 0 Å². The minimum absolute atomic E-state index is 0.123. The maximum atomic E-state index is 7.00. The highest BCUT2D eigenvalue weighted by atomic mass is 16.6. The monoisotopic (exact) mass is 478 g/mol. The summed E-state index contributed by atoms with van der Waals surface area (Å²) in [5.41, 5.74) is 0.246. The lowest BCUT2D eigenvalue weighted by molar-refractivity contribution is -0.317. The molecule has 3 heterocycles. The van der Waals surface area contributed by atoms with Gasteiger partial charge in [0.2, 0.25) is 0 Å². The van der Waals surface area contributed by atoms with Gasteiger partial charge in [-0.15, -0.1) is 0 Å². The van der Waals surface area contributed by atoms with E-state index in [1.54, 1.807) is 0 Å². The quantitative estimate of drug-likeness (QED) is 0.411. The van der Waals surface area contributed by atoms with Crippen LogP contribution in [0.4, 0.5) is 0 Å². The van der Waals surface area contributed by atoms with Crippen LogP contribution < -0.4 is 0 Å². The standard InChI is InChI=1S/C28H46O6/c1-4-23(13-29-14-23)19-32-26-7-22-8-27(10-26,33-20-24(5-2)15-30-16-24)12-28(9-22,11-26)34-21-25(6-3)17-31-18-25/h22H,4-21H2,1-3H3. The van der Waals surface area contributed by atoms with E-state index in [1.807, 2.05) is 0 Å². The number of ether oxygens (including phenoxy) is 6. The van der Waals surface area contributed by atoms with Crippen molar-refractivity contribution in [3.8, 4) is 0 Å². The smallest absolute Gasteiger partial charge is 0.0740 e. The van der Waals surface area contributed by atoms with Crippen molar-refractivity contribution >= 4 is 0 Å². The maximum absolute atomic E-state index is 7.00. The Kier molecular flexibility index (Phi) is 5.95. The van der Waals surface area contributed by atoms with E-state index in [0.717, 1.165) is 117 Å². The largest absolute Gasteiger partial charge is 0.380 e. The number of rotatable bonds is 12. The molecule has 0 atom stereocenters. The second-order valence-electron chi connectivity index (χ2n) is 13.5. The first kappa shape index (κ1) is 24.1. The molecule has 0 aromatic heterocycles. The van der Waals surface area contributed by atoms with E-state index in [2.05, 4.69) is 20.8 Å². The lowest BCUT2D eigenvalue weighted by Gasteiger charge is -2.66. The van der Waals surface area contributed by atoms with Crippen molar-refractivity contribution in [1.82, 2.24) is 0 Å². The highest BCUT2D eigenvalue weighted by Gasteiger charge is 2.66. The zero-order valence-corrected chi connectivity index (χ0v) is 21.8. The van der Waals surface area contributed by atoms with Crippen molar-refractivity contribution in [3.63, 3.8) is 0 Å². The zero-order valence-electron chi connectivity index (χ0n) is 21.8. The molecule has 0 aromatic carbocycles. The molecule has 6 heteroatoms. The maximum Gasteiger partial charge on any atom is 0.0740 e. The first-order valence-corrected chi connectivity index (χ1v) is 14.0. The molecular formula is C28H46O6. The fourth-order valence-electron chi connectivity index (χ4n) is 7.92. The van der Waals surface area contributed by atoms with Gasteiger partial charge in [-0.05, 0) is 44.4 Å². The van der Waals surface area contributed by atoms with Gasteiger partial charge in [0, 0.05) is 35.5 Å². The average Bonchev–Trinajstić information content (AvgIpc) is 2.71. The Labute approximate surface area is 205 Å². The Bertz CT molecular complexity index is 630. The van der Waals surface area contributed by atoms with Crippen molar-refractivity contribution in [2.45, 2.75) is 95.4 Å². The molecule has 7 rings (SSSR count). The van der Waals surface area contributed by atoms with Crippen LogP contribution in [0.25, 0.3) is 0 Å². The van der Waals surface area contributed by atoms with E-state index in [-0.39, 0.29) is 33.0 Å². The summed E-state index contributed by atoms with van der Waals surface area (Å²) >= 11 is 0. The second-order valence-corrected chi connectivity index (χ2v) is 13.5. The van der Waals surface area contributed by atoms with E-state index < -0.39 is 0 Å². The van der Waals surface area contributed by atoms with Crippen LogP contribution in [0.3, 0.4) is 0 Å². The van der Waals surface area contributed by atoms with Gasteiger partial charge in [0.15, 0.2) is 0 Å². The molecule has 0 radical (unpaired) electrons. The lowest BCUT2D eigenvalue weighted by Crippen LogP contribution is -2.69. The third-order valence-electron chi connectivity index (χ3n) is 10.7. The fourth-order valence-corrected chi connectivity index (χ4v) is 7.92. The molecular weight excluding hydrogens is 432 g/mol. The van der Waals surface area contributed by atoms with Crippen molar-refractivity contribution in [1.29, 1.82) is 0 Å². The van der Waals surface area contributed by atoms with E-state index in [9.17, 15) is 0 Å². The highest BCUT2D eigenvalue weighted by Crippen LogP contribution is 2.64. The molecule has 4 saturated carbocycles. The van der Waals surface area contributed by atoms with Crippen LogP contribution in [-0.2, 0) is 28.4 Å². The average molecular weight is 479 g/mol. The van der Waals surface area contributed by atoms with Crippen molar-refractivity contribution in [2.75, 3.05) is 59.5 Å². The van der Waals surface area contributed by atoms with E-state index in [1.165, 1.54) is 0 Å². The molecule has 34 heavy (non-hydrogen) atoms. The topological polar surface area (TPSA) is 55.4 Å². The summed E-state index contributed by atoms with van der Waals surface area (Å²) in [7, 11) is 0. The molecule has 3 aliphatic heterocycles. The summed E-state index contributed by atoms with van der Waals surface area (Å²) in [6, 6.07) is 0. The summed E-state index contributed by atoms with van der Waals surface area (Å²) < 4.78 is 37.8. The summed E-state index contributed by atoms with van der Waals surface area (Å²) in [4.78, 5) is 0. The normalized spacial score (nSPS) is 42.6. The van der Waals surface area contributed by atoms with Gasteiger partial charge in [0.1, 0.15) is 0 Å². The van der Waals surface area contributed by atoms with Crippen LogP contribution >= 0.6 is 0 Å². The third-order valence-corrected chi connectivity index (χ3v) is 10.7. The molecule has 0 N–H and O–H groups in total. The van der Waals surface area contributed by atoms with Crippen molar-refractivity contribution in [3.05, 3.63) is 0 Å². The molecule has 7 fully saturated rings. The zero-order chi connectivity index (χ0) is 23.5. The molecule has 3 saturated heterocycles. The van der Waals surface area contributed by atoms with Gasteiger partial charge < -0.3 is 28.4 Å². The van der Waals surface area contributed by atoms with Crippen LogP contribution in [0.5, 0.6) is 0 Å². The molecule has 6 nitrogen and oxygen atoms in total. The predicted octanol–water partition coefficient (Wildman–Crippen LogP) is 4.53. The molecule has 0 spiro atoms. The van der Waals surface area contributed by atoms with Gasteiger partial charge in [-0.2, -0.15) is 0 Å². The minimum atomic E-state index is -0.123. The Morgan fingerprint density at radius 2 is 0.824 bits per heavy atom. The van der Waals surface area contributed by atoms with Crippen molar-refractivity contribution in [2.24, 2.45) is 22.2 Å². The number of hydrogen-bond acceptors (Lipinski definition) is 6. The summed E-state index contributed by atoms with van der Waals surface area (Å²) in [6.07, 6.45) is 9.89. The fraction of sp³-hybridized carbons (Fsp3) is 1.00. The van der Waals surface area contributed by atoms with Crippen LogP contribution in [0.1, 0.15) is 78.6 Å². The molecule has 4 aliphatic carbocycles. The summed E-state index contributed by atoms with van der Waals surface area (Å²) in [6.45, 7) is 14.3. The Balaban J connectivity index is 1.23. The first-order chi connectivity index (χ1) is 16.3. The summed E-state index contributed by atoms with van der Waals surface area (Å²) in [5.74, 6) is 0.622. The van der Waals surface area contributed by atoms with Crippen LogP contribution in [-0.4, -0.2) is 76.3 Å². The Morgan fingerprint density at radius 1 is 0.529 bits per heavy atom. The van der Waals surface area contributed by atoms with E-state index in [4.69, 9.17) is 28.4 Å². The molecule has 0 amide bonds. The molecule has 7 aliphatic rings. The predicted molar refractivity (Wildman–Crippen MR) is 128 cm³/mol. The van der Waals surface area contributed by atoms with Gasteiger partial charge in [0.25, 0.3) is 0 Å². The molecule has 0 unspecified atom stereocenters. The van der Waals surface area contributed by atoms with Crippen LogP contribution in [0.2, 0.25) is 0 Å². The lowest BCUT2D eigenvalue weighted by atomic mass is 9.50. The van der Waals surface area contributed by atoms with Crippen LogP contribution in [0, 0.1) is 22.2 Å². The Hall–Kier alpha value is -0.240. The van der Waals surface area contributed by atoms with Gasteiger partial charge in [-0.25, -0.2) is 0 Å². The van der Waals surface area contributed by atoms with Gasteiger partial charge in [-0.3, -0.25) is 0 Å². The molecule has 0 aromatic rings. The number of hydrogen-bond donors (Lipinski definition) is 0. The van der Waals surface area contributed by atoms with Crippen LogP contribution in [0.15, 0.2) is 0 Å². The minimum Gasteiger partial charge on any atom is -0.380 e. The van der Waals surface area contributed by atoms with Gasteiger partial charge in [0.05, 0.1) is 76.3 Å². The molecule has 194 valence electrons.